The lowest BCUT2D eigenvalue weighted by atomic mass is 9.94. The highest BCUT2D eigenvalue weighted by atomic mass is 79.9. The number of piperidine rings is 1. The first-order valence-electron chi connectivity index (χ1n) is 12.2. The van der Waals surface area contributed by atoms with Crippen LogP contribution in [0.2, 0.25) is 0 Å². The van der Waals surface area contributed by atoms with E-state index < -0.39 is 0 Å². The minimum Gasteiger partial charge on any atom is -0.366 e. The largest absolute Gasteiger partial charge is 0.366 e. The Morgan fingerprint density at radius 1 is 1.14 bits per heavy atom. The molecule has 1 amide bonds. The first-order valence-corrected chi connectivity index (χ1v) is 13.0. The van der Waals surface area contributed by atoms with E-state index in [1.807, 2.05) is 28.9 Å². The molecule has 4 heterocycles. The van der Waals surface area contributed by atoms with Gasteiger partial charge >= 0.3 is 0 Å². The molecule has 0 radical (unpaired) electrons. The fourth-order valence-electron chi connectivity index (χ4n) is 5.18. The number of fused-ring (bicyclic) bond motifs is 1. The maximum Gasteiger partial charge on any atom is 0.226 e. The quantitative estimate of drug-likeness (QED) is 0.379. The fraction of sp³-hybridized carbons (Fsp3) is 0.333. The highest BCUT2D eigenvalue weighted by molar-refractivity contribution is 9.10. The van der Waals surface area contributed by atoms with E-state index in [4.69, 9.17) is 4.98 Å². The Kier molecular flexibility index (Phi) is 5.98. The molecule has 35 heavy (non-hydrogen) atoms. The number of aromatic nitrogens is 4. The molecule has 1 aliphatic carbocycles. The summed E-state index contributed by atoms with van der Waals surface area (Å²) in [6.45, 7) is 2.19. The van der Waals surface area contributed by atoms with Gasteiger partial charge in [0.25, 0.3) is 0 Å². The maximum atomic E-state index is 13.3. The van der Waals surface area contributed by atoms with Gasteiger partial charge in [0, 0.05) is 49.9 Å². The van der Waals surface area contributed by atoms with Gasteiger partial charge in [-0.2, -0.15) is 9.61 Å². The zero-order chi connectivity index (χ0) is 23.8. The highest BCUT2D eigenvalue weighted by Crippen LogP contribution is 2.49. The van der Waals surface area contributed by atoms with Crippen LogP contribution >= 0.6 is 15.9 Å². The Balaban J connectivity index is 1.21. The molecule has 1 aliphatic heterocycles. The zero-order valence-electron chi connectivity index (χ0n) is 19.3. The molecule has 3 atom stereocenters. The van der Waals surface area contributed by atoms with Gasteiger partial charge < -0.3 is 10.2 Å². The second-order valence-corrected chi connectivity index (χ2v) is 10.3. The third kappa shape index (κ3) is 4.55. The highest BCUT2D eigenvalue weighted by Gasteiger charge is 2.46. The van der Waals surface area contributed by atoms with E-state index in [9.17, 15) is 4.79 Å². The lowest BCUT2D eigenvalue weighted by molar-refractivity contribution is -0.133. The van der Waals surface area contributed by atoms with Crippen molar-refractivity contribution in [1.82, 2.24) is 24.5 Å². The van der Waals surface area contributed by atoms with Crippen LogP contribution in [0.4, 0.5) is 5.82 Å². The predicted octanol–water partition coefficient (Wildman–Crippen LogP) is 5.01. The van der Waals surface area contributed by atoms with Crippen LogP contribution in [0.15, 0.2) is 71.6 Å². The smallest absolute Gasteiger partial charge is 0.226 e. The second kappa shape index (κ2) is 9.41. The number of carbonyl (C=O) groups is 1. The van der Waals surface area contributed by atoms with Crippen LogP contribution in [-0.2, 0) is 11.3 Å². The number of carbonyl (C=O) groups excluding carboxylic acids is 1. The average Bonchev–Trinajstić information content (AvgIpc) is 3.64. The van der Waals surface area contributed by atoms with Crippen LogP contribution in [0, 0.1) is 5.92 Å². The van der Waals surface area contributed by atoms with Crippen molar-refractivity contribution in [3.8, 4) is 0 Å². The summed E-state index contributed by atoms with van der Waals surface area (Å²) in [6.07, 6.45) is 8.37. The van der Waals surface area contributed by atoms with E-state index >= 15 is 0 Å². The normalized spacial score (nSPS) is 21.7. The molecule has 1 unspecified atom stereocenters. The number of hydrogen-bond donors (Lipinski definition) is 1. The first kappa shape index (κ1) is 22.2. The Hall–Kier alpha value is -3.26. The van der Waals surface area contributed by atoms with Crippen molar-refractivity contribution in [3.63, 3.8) is 0 Å². The van der Waals surface area contributed by atoms with Gasteiger partial charge in [-0.1, -0.05) is 36.4 Å². The molecule has 2 fully saturated rings. The van der Waals surface area contributed by atoms with Crippen LogP contribution in [0.5, 0.6) is 0 Å². The van der Waals surface area contributed by atoms with E-state index in [1.165, 1.54) is 5.56 Å². The molecule has 2 aliphatic rings. The number of nitrogens with zero attached hydrogens (tertiary/aromatic N) is 5. The first-order chi connectivity index (χ1) is 17.2. The summed E-state index contributed by atoms with van der Waals surface area (Å²) in [7, 11) is 0. The number of pyridine rings is 1. The Bertz CT molecular complexity index is 1340. The molecule has 0 spiro atoms. The molecule has 4 aromatic rings. The molecular formula is C27H27BrN6O. The average molecular weight is 531 g/mol. The van der Waals surface area contributed by atoms with Gasteiger partial charge in [0.1, 0.15) is 5.82 Å². The van der Waals surface area contributed by atoms with E-state index in [2.05, 4.69) is 66.6 Å². The summed E-state index contributed by atoms with van der Waals surface area (Å²) < 4.78 is 2.68. The second-order valence-electron chi connectivity index (χ2n) is 9.49. The Morgan fingerprint density at radius 3 is 2.86 bits per heavy atom. The van der Waals surface area contributed by atoms with E-state index in [0.29, 0.717) is 24.9 Å². The number of anilines is 1. The molecule has 6 rings (SSSR count). The molecule has 3 aromatic heterocycles. The maximum absolute atomic E-state index is 13.3. The third-order valence-electron chi connectivity index (χ3n) is 7.13. The van der Waals surface area contributed by atoms with Crippen LogP contribution in [0.3, 0.4) is 0 Å². The standard InChI is InChI=1S/C27H27BrN6O/c28-23-16-31-34-25(30-15-18-6-4-10-29-14-18)13-24(32-26(23)34)20-9-5-11-33(17-20)27(35)22-12-21(22)19-7-2-1-3-8-19/h1-4,6-8,10,13-14,16,20-22,30H,5,9,11-12,15,17H2/t20?,21-,22+/m0/s1. The van der Waals surface area contributed by atoms with Gasteiger partial charge in [-0.3, -0.25) is 9.78 Å². The Labute approximate surface area is 212 Å². The number of halogens is 1. The minimum atomic E-state index is 0.118. The summed E-state index contributed by atoms with van der Waals surface area (Å²) in [4.78, 5) is 24.6. The number of likely N-dealkylation sites (tertiary alicyclic amines) is 1. The summed E-state index contributed by atoms with van der Waals surface area (Å²) in [5.74, 6) is 1.86. The predicted molar refractivity (Wildman–Crippen MR) is 138 cm³/mol. The van der Waals surface area contributed by atoms with E-state index in [0.717, 1.165) is 53.0 Å². The van der Waals surface area contributed by atoms with Crippen LogP contribution in [-0.4, -0.2) is 43.5 Å². The molecule has 1 saturated heterocycles. The van der Waals surface area contributed by atoms with Crippen molar-refractivity contribution in [2.75, 3.05) is 18.4 Å². The topological polar surface area (TPSA) is 75.4 Å². The zero-order valence-corrected chi connectivity index (χ0v) is 20.9. The lowest BCUT2D eigenvalue weighted by Gasteiger charge is -2.33. The van der Waals surface area contributed by atoms with Crippen molar-refractivity contribution in [2.24, 2.45) is 5.92 Å². The van der Waals surface area contributed by atoms with Crippen molar-refractivity contribution in [3.05, 3.63) is 88.4 Å². The fourth-order valence-corrected chi connectivity index (χ4v) is 5.52. The van der Waals surface area contributed by atoms with Gasteiger partial charge in [-0.25, -0.2) is 4.98 Å². The van der Waals surface area contributed by atoms with Crippen molar-refractivity contribution in [1.29, 1.82) is 0 Å². The summed E-state index contributed by atoms with van der Waals surface area (Å²) in [5.41, 5.74) is 4.16. The molecule has 178 valence electrons. The number of hydrogen-bond acceptors (Lipinski definition) is 5. The minimum absolute atomic E-state index is 0.118. The van der Waals surface area contributed by atoms with E-state index in [-0.39, 0.29) is 11.8 Å². The van der Waals surface area contributed by atoms with Gasteiger partial charge in [0.05, 0.1) is 16.4 Å². The molecular weight excluding hydrogens is 504 g/mol. The van der Waals surface area contributed by atoms with Gasteiger partial charge in [0.15, 0.2) is 5.65 Å². The van der Waals surface area contributed by atoms with E-state index in [1.54, 1.807) is 12.4 Å². The monoisotopic (exact) mass is 530 g/mol. The van der Waals surface area contributed by atoms with Gasteiger partial charge in [0.2, 0.25) is 5.91 Å². The van der Waals surface area contributed by atoms with Crippen LogP contribution in [0.25, 0.3) is 5.65 Å². The SMILES string of the molecule is O=C([C@@H]1C[C@H]1c1ccccc1)N1CCCC(c2cc(NCc3cccnc3)n3ncc(Br)c3n2)C1. The number of amides is 1. The number of benzene rings is 1. The molecule has 7 nitrogen and oxygen atoms in total. The van der Waals surface area contributed by atoms with Gasteiger partial charge in [-0.05, 0) is 58.3 Å². The summed E-state index contributed by atoms with van der Waals surface area (Å²) in [5, 5.41) is 8.00. The molecule has 1 N–H and O–H groups in total. The summed E-state index contributed by atoms with van der Waals surface area (Å²) in [6, 6.07) is 16.5. The molecule has 1 aromatic carbocycles. The molecule has 8 heteroatoms. The van der Waals surface area contributed by atoms with Crippen molar-refractivity contribution >= 4 is 33.3 Å². The van der Waals surface area contributed by atoms with Crippen LogP contribution in [0.1, 0.15) is 47.9 Å². The van der Waals surface area contributed by atoms with Gasteiger partial charge in [-0.15, -0.1) is 0 Å². The van der Waals surface area contributed by atoms with Crippen molar-refractivity contribution < 1.29 is 4.79 Å². The van der Waals surface area contributed by atoms with Crippen molar-refractivity contribution in [2.45, 2.75) is 37.6 Å². The number of nitrogens with one attached hydrogen (secondary N) is 1. The third-order valence-corrected chi connectivity index (χ3v) is 7.69. The molecule has 1 saturated carbocycles. The lowest BCUT2D eigenvalue weighted by Crippen LogP contribution is -2.40. The Morgan fingerprint density at radius 2 is 2.03 bits per heavy atom. The number of rotatable bonds is 6. The molecule has 0 bridgehead atoms. The van der Waals surface area contributed by atoms with Crippen LogP contribution < -0.4 is 5.32 Å². The summed E-state index contributed by atoms with van der Waals surface area (Å²) >= 11 is 3.60.